The van der Waals surface area contributed by atoms with Crippen molar-refractivity contribution in [2.24, 2.45) is 0 Å². The summed E-state index contributed by atoms with van der Waals surface area (Å²) in [6.07, 6.45) is 5.05. The highest BCUT2D eigenvalue weighted by molar-refractivity contribution is 5.99. The minimum Gasteiger partial charge on any atom is -0.497 e. The highest BCUT2D eigenvalue weighted by Gasteiger charge is 2.16. The molecule has 0 atom stereocenters. The van der Waals surface area contributed by atoms with E-state index in [1.165, 1.54) is 6.07 Å². The number of ether oxygens (including phenoxy) is 1. The van der Waals surface area contributed by atoms with Gasteiger partial charge >= 0.3 is 5.97 Å². The molecule has 7 heteroatoms. The smallest absolute Gasteiger partial charge is 0.339 e. The van der Waals surface area contributed by atoms with Crippen LogP contribution in [0.15, 0.2) is 55.0 Å². The molecule has 1 aromatic carbocycles. The van der Waals surface area contributed by atoms with Crippen molar-refractivity contribution in [3.05, 3.63) is 60.6 Å². The van der Waals surface area contributed by atoms with Gasteiger partial charge < -0.3 is 15.2 Å². The summed E-state index contributed by atoms with van der Waals surface area (Å²) < 4.78 is 6.96. The lowest BCUT2D eigenvalue weighted by Crippen LogP contribution is -2.02. The molecule has 25 heavy (non-hydrogen) atoms. The molecule has 0 aliphatic carbocycles. The van der Waals surface area contributed by atoms with Crippen LogP contribution in [0.4, 0.5) is 11.5 Å². The van der Waals surface area contributed by atoms with E-state index in [-0.39, 0.29) is 5.56 Å². The number of carboxylic acids is 1. The Morgan fingerprint density at radius 3 is 2.96 bits per heavy atom. The lowest BCUT2D eigenvalue weighted by molar-refractivity contribution is 0.0699. The monoisotopic (exact) mass is 334 g/mol. The summed E-state index contributed by atoms with van der Waals surface area (Å²) in [5, 5.41) is 13.5. The molecule has 0 saturated carbocycles. The fourth-order valence-corrected chi connectivity index (χ4v) is 2.78. The Bertz CT molecular complexity index is 1100. The van der Waals surface area contributed by atoms with Gasteiger partial charge in [0, 0.05) is 29.5 Å². The van der Waals surface area contributed by atoms with E-state index in [0.717, 1.165) is 16.6 Å². The second-order valence-corrected chi connectivity index (χ2v) is 5.44. The molecule has 0 unspecified atom stereocenters. The van der Waals surface area contributed by atoms with Gasteiger partial charge in [0.1, 0.15) is 17.1 Å². The zero-order chi connectivity index (χ0) is 17.4. The van der Waals surface area contributed by atoms with E-state index in [1.54, 1.807) is 30.1 Å². The zero-order valence-electron chi connectivity index (χ0n) is 13.3. The van der Waals surface area contributed by atoms with Crippen molar-refractivity contribution in [2.75, 3.05) is 12.4 Å². The molecule has 7 nitrogen and oxygen atoms in total. The third-order valence-electron chi connectivity index (χ3n) is 3.95. The van der Waals surface area contributed by atoms with Crippen molar-refractivity contribution in [1.82, 2.24) is 14.4 Å². The Hall–Kier alpha value is -3.61. The van der Waals surface area contributed by atoms with Gasteiger partial charge in [-0.1, -0.05) is 6.07 Å². The first-order valence-electron chi connectivity index (χ1n) is 7.56. The van der Waals surface area contributed by atoms with Crippen LogP contribution in [0.3, 0.4) is 0 Å². The summed E-state index contributed by atoms with van der Waals surface area (Å²) in [6, 6.07) is 10.8. The Kier molecular flexibility index (Phi) is 3.46. The molecule has 3 aromatic heterocycles. The number of fused-ring (bicyclic) bond motifs is 3. The molecule has 0 fully saturated rings. The van der Waals surface area contributed by atoms with Crippen LogP contribution in [-0.2, 0) is 0 Å². The Balaban J connectivity index is 1.94. The van der Waals surface area contributed by atoms with Crippen molar-refractivity contribution < 1.29 is 14.6 Å². The molecule has 4 rings (SSSR count). The van der Waals surface area contributed by atoms with E-state index in [2.05, 4.69) is 15.3 Å². The largest absolute Gasteiger partial charge is 0.497 e. The van der Waals surface area contributed by atoms with Crippen molar-refractivity contribution in [1.29, 1.82) is 0 Å². The second kappa shape index (κ2) is 5.79. The van der Waals surface area contributed by atoms with E-state index in [4.69, 9.17) is 4.74 Å². The van der Waals surface area contributed by atoms with E-state index in [9.17, 15) is 9.90 Å². The van der Waals surface area contributed by atoms with Crippen LogP contribution in [-0.4, -0.2) is 32.6 Å². The van der Waals surface area contributed by atoms with Gasteiger partial charge in [-0.05, 0) is 24.3 Å². The van der Waals surface area contributed by atoms with Crippen molar-refractivity contribution in [3.8, 4) is 5.75 Å². The average Bonchev–Trinajstić information content (AvgIpc) is 3.06. The SMILES string of the molecule is COc1cccc(Nc2nc3c(C(=O)O)ccn3c3cnccc23)c1. The number of carbonyl (C=O) groups is 1. The molecular weight excluding hydrogens is 320 g/mol. The molecule has 3 heterocycles. The summed E-state index contributed by atoms with van der Waals surface area (Å²) in [7, 11) is 1.60. The van der Waals surface area contributed by atoms with Gasteiger partial charge in [0.25, 0.3) is 0 Å². The molecule has 0 saturated heterocycles. The minimum atomic E-state index is -1.02. The predicted octanol–water partition coefficient (Wildman–Crippen LogP) is 3.33. The number of nitrogens with one attached hydrogen (secondary N) is 1. The Morgan fingerprint density at radius 1 is 1.28 bits per heavy atom. The molecule has 0 amide bonds. The molecule has 0 radical (unpaired) electrons. The Labute approximate surface area is 142 Å². The van der Waals surface area contributed by atoms with Gasteiger partial charge in [0.15, 0.2) is 5.65 Å². The number of hydrogen-bond donors (Lipinski definition) is 2. The lowest BCUT2D eigenvalue weighted by Gasteiger charge is -2.12. The van der Waals surface area contributed by atoms with Crippen LogP contribution in [0.1, 0.15) is 10.4 Å². The van der Waals surface area contributed by atoms with E-state index in [0.29, 0.717) is 17.2 Å². The van der Waals surface area contributed by atoms with Crippen LogP contribution in [0.2, 0.25) is 0 Å². The normalized spacial score (nSPS) is 10.9. The van der Waals surface area contributed by atoms with Crippen molar-refractivity contribution in [2.45, 2.75) is 0 Å². The average molecular weight is 334 g/mol. The van der Waals surface area contributed by atoms with Gasteiger partial charge in [0.2, 0.25) is 0 Å². The quantitative estimate of drug-likeness (QED) is 0.595. The summed E-state index contributed by atoms with van der Waals surface area (Å²) in [5.74, 6) is 0.246. The first-order valence-corrected chi connectivity index (χ1v) is 7.56. The van der Waals surface area contributed by atoms with Gasteiger partial charge in [0.05, 0.1) is 18.8 Å². The highest BCUT2D eigenvalue weighted by atomic mass is 16.5. The molecule has 0 bridgehead atoms. The van der Waals surface area contributed by atoms with E-state index < -0.39 is 5.97 Å². The zero-order valence-corrected chi connectivity index (χ0v) is 13.3. The summed E-state index contributed by atoms with van der Waals surface area (Å²) >= 11 is 0. The van der Waals surface area contributed by atoms with Crippen LogP contribution in [0, 0.1) is 0 Å². The number of pyridine rings is 1. The Morgan fingerprint density at radius 2 is 2.16 bits per heavy atom. The van der Waals surface area contributed by atoms with Crippen molar-refractivity contribution >= 4 is 34.0 Å². The highest BCUT2D eigenvalue weighted by Crippen LogP contribution is 2.28. The van der Waals surface area contributed by atoms with Crippen molar-refractivity contribution in [3.63, 3.8) is 0 Å². The number of methoxy groups -OCH3 is 1. The molecular formula is C18H14N4O3. The molecule has 0 aliphatic rings. The number of benzene rings is 1. The molecule has 124 valence electrons. The van der Waals surface area contributed by atoms with Crippen LogP contribution < -0.4 is 10.1 Å². The number of aromatic carboxylic acids is 1. The molecule has 0 aliphatic heterocycles. The van der Waals surface area contributed by atoms with Gasteiger partial charge in [-0.2, -0.15) is 0 Å². The van der Waals surface area contributed by atoms with Crippen LogP contribution in [0.5, 0.6) is 5.75 Å². The minimum absolute atomic E-state index is 0.138. The number of carboxylic acid groups (broad SMARTS) is 1. The fraction of sp³-hybridized carbons (Fsp3) is 0.0556. The van der Waals surface area contributed by atoms with Crippen LogP contribution in [0.25, 0.3) is 16.6 Å². The standard InChI is InChI=1S/C18H14N4O3/c1-25-12-4-2-3-11(9-12)20-16-13-5-7-19-10-15(13)22-8-6-14(18(23)24)17(22)21-16/h2-10H,1H3,(H,20,21)(H,23,24). The maximum atomic E-state index is 11.5. The lowest BCUT2D eigenvalue weighted by atomic mass is 10.2. The summed E-state index contributed by atoms with van der Waals surface area (Å²) in [4.78, 5) is 20.1. The fourth-order valence-electron chi connectivity index (χ4n) is 2.78. The van der Waals surface area contributed by atoms with Gasteiger partial charge in [-0.15, -0.1) is 0 Å². The number of aromatic nitrogens is 3. The third kappa shape index (κ3) is 2.51. The summed E-state index contributed by atoms with van der Waals surface area (Å²) in [6.45, 7) is 0. The molecule has 4 aromatic rings. The number of hydrogen-bond acceptors (Lipinski definition) is 5. The van der Waals surface area contributed by atoms with Gasteiger partial charge in [-0.25, -0.2) is 9.78 Å². The summed E-state index contributed by atoms with van der Waals surface area (Å²) in [5.41, 5.74) is 2.06. The third-order valence-corrected chi connectivity index (χ3v) is 3.95. The topological polar surface area (TPSA) is 88.8 Å². The molecule has 0 spiro atoms. The number of nitrogens with zero attached hydrogens (tertiary/aromatic N) is 3. The number of rotatable bonds is 4. The molecule has 2 N–H and O–H groups in total. The van der Waals surface area contributed by atoms with E-state index in [1.807, 2.05) is 30.3 Å². The first kappa shape index (κ1) is 14.9. The number of anilines is 2. The maximum Gasteiger partial charge on any atom is 0.339 e. The second-order valence-electron chi connectivity index (χ2n) is 5.44. The van der Waals surface area contributed by atoms with Gasteiger partial charge in [-0.3, -0.25) is 9.38 Å². The van der Waals surface area contributed by atoms with Crippen LogP contribution >= 0.6 is 0 Å². The maximum absolute atomic E-state index is 11.5. The van der Waals surface area contributed by atoms with E-state index >= 15 is 0 Å². The first-order chi connectivity index (χ1) is 12.2. The predicted molar refractivity (Wildman–Crippen MR) is 93.7 cm³/mol.